The Kier molecular flexibility index (Phi) is 3.75. The Labute approximate surface area is 175 Å². The molecule has 30 heavy (non-hydrogen) atoms. The minimum absolute atomic E-state index is 0.00323. The van der Waals surface area contributed by atoms with Gasteiger partial charge >= 0.3 is 0 Å². The van der Waals surface area contributed by atoms with Crippen LogP contribution in [0, 0.1) is 6.92 Å². The monoisotopic (exact) mass is 403 g/mol. The Morgan fingerprint density at radius 3 is 2.67 bits per heavy atom. The molecule has 0 saturated heterocycles. The van der Waals surface area contributed by atoms with Gasteiger partial charge in [0.05, 0.1) is 11.2 Å². The molecule has 2 aliphatic carbocycles. The number of pyridine rings is 1. The van der Waals surface area contributed by atoms with E-state index in [-0.39, 0.29) is 11.1 Å². The van der Waals surface area contributed by atoms with Crippen molar-refractivity contribution in [2.24, 2.45) is 5.73 Å². The van der Waals surface area contributed by atoms with Gasteiger partial charge in [0.2, 0.25) is 5.95 Å². The second-order valence-electron chi connectivity index (χ2n) is 9.00. The summed E-state index contributed by atoms with van der Waals surface area (Å²) >= 11 is 0. The smallest absolute Gasteiger partial charge is 0.257 e. The van der Waals surface area contributed by atoms with E-state index in [0.29, 0.717) is 30.8 Å². The first kappa shape index (κ1) is 17.9. The molecule has 0 amide bonds. The van der Waals surface area contributed by atoms with Gasteiger partial charge < -0.3 is 20.5 Å². The van der Waals surface area contributed by atoms with Crippen molar-refractivity contribution in [1.29, 1.82) is 0 Å². The van der Waals surface area contributed by atoms with E-state index in [4.69, 9.17) is 25.2 Å². The zero-order valence-corrected chi connectivity index (χ0v) is 17.1. The SMILES string of the molecule is Cc1nc(NC23CCC(N)(CC2)C3)nc2ccc(-c3ccnc4c3OCCO4)cc12. The fraction of sp³-hybridized carbons (Fsp3) is 0.435. The summed E-state index contributed by atoms with van der Waals surface area (Å²) < 4.78 is 11.5. The van der Waals surface area contributed by atoms with Gasteiger partial charge in [0.25, 0.3) is 5.88 Å². The quantitative estimate of drug-likeness (QED) is 0.690. The van der Waals surface area contributed by atoms with Crippen molar-refractivity contribution < 1.29 is 9.47 Å². The van der Waals surface area contributed by atoms with Crippen LogP contribution in [-0.4, -0.2) is 39.2 Å². The summed E-state index contributed by atoms with van der Waals surface area (Å²) in [7, 11) is 0. The van der Waals surface area contributed by atoms with Gasteiger partial charge in [0, 0.05) is 28.2 Å². The Morgan fingerprint density at radius 2 is 1.87 bits per heavy atom. The van der Waals surface area contributed by atoms with Crippen LogP contribution in [0.4, 0.5) is 5.95 Å². The highest BCUT2D eigenvalue weighted by Gasteiger charge is 2.52. The number of rotatable bonds is 3. The van der Waals surface area contributed by atoms with Gasteiger partial charge in [0.15, 0.2) is 5.75 Å². The lowest BCUT2D eigenvalue weighted by molar-refractivity contribution is 0.165. The lowest BCUT2D eigenvalue weighted by Crippen LogP contribution is -2.34. The Hall–Kier alpha value is -2.93. The van der Waals surface area contributed by atoms with E-state index in [1.807, 2.05) is 13.0 Å². The van der Waals surface area contributed by atoms with Gasteiger partial charge in [-0.1, -0.05) is 6.07 Å². The molecule has 3 aromatic rings. The first-order valence-electron chi connectivity index (χ1n) is 10.6. The molecule has 2 saturated carbocycles. The van der Waals surface area contributed by atoms with E-state index < -0.39 is 0 Å². The van der Waals surface area contributed by atoms with Crippen molar-refractivity contribution in [3.63, 3.8) is 0 Å². The standard InChI is InChI=1S/C23H25N5O2/c1-14-17-12-15(16-4-9-25-20-19(16)29-10-11-30-20)2-3-18(17)27-21(26-14)28-23-7-5-22(24,13-23)6-8-23/h2-4,9,12H,5-8,10-11,13,24H2,1H3,(H,26,27,28). The molecule has 0 atom stereocenters. The molecule has 2 aromatic heterocycles. The van der Waals surface area contributed by atoms with Crippen LogP contribution in [0.15, 0.2) is 30.5 Å². The lowest BCUT2D eigenvalue weighted by atomic mass is 9.92. The van der Waals surface area contributed by atoms with E-state index in [9.17, 15) is 0 Å². The fourth-order valence-corrected chi connectivity index (χ4v) is 5.35. The van der Waals surface area contributed by atoms with E-state index in [1.54, 1.807) is 6.20 Å². The highest BCUT2D eigenvalue weighted by molar-refractivity contribution is 5.88. The molecule has 0 unspecified atom stereocenters. The third-order valence-corrected chi connectivity index (χ3v) is 6.91. The van der Waals surface area contributed by atoms with Crippen LogP contribution < -0.4 is 20.5 Å². The molecule has 2 bridgehead atoms. The number of nitrogens with zero attached hydrogens (tertiary/aromatic N) is 3. The van der Waals surface area contributed by atoms with Crippen molar-refractivity contribution in [3.8, 4) is 22.8 Å². The molecule has 7 heteroatoms. The summed E-state index contributed by atoms with van der Waals surface area (Å²) in [6.07, 6.45) is 7.12. The lowest BCUT2D eigenvalue weighted by Gasteiger charge is -2.28. The van der Waals surface area contributed by atoms with Crippen molar-refractivity contribution in [2.45, 2.75) is 50.1 Å². The predicted molar refractivity (Wildman–Crippen MR) is 115 cm³/mol. The van der Waals surface area contributed by atoms with Gasteiger partial charge in [-0.25, -0.2) is 15.0 Å². The van der Waals surface area contributed by atoms with Gasteiger partial charge in [-0.15, -0.1) is 0 Å². The normalized spacial score (nSPS) is 26.9. The predicted octanol–water partition coefficient (Wildman–Crippen LogP) is 3.60. The van der Waals surface area contributed by atoms with E-state index in [2.05, 4.69) is 28.5 Å². The molecule has 0 radical (unpaired) electrons. The van der Waals surface area contributed by atoms with Crippen LogP contribution in [0.2, 0.25) is 0 Å². The van der Waals surface area contributed by atoms with Crippen LogP contribution in [0.5, 0.6) is 11.6 Å². The number of nitrogens with two attached hydrogens (primary N) is 1. The molecule has 6 rings (SSSR count). The first-order valence-corrected chi connectivity index (χ1v) is 10.6. The van der Waals surface area contributed by atoms with Crippen molar-refractivity contribution in [2.75, 3.05) is 18.5 Å². The molecule has 3 N–H and O–H groups in total. The molecule has 3 heterocycles. The van der Waals surface area contributed by atoms with E-state index in [1.165, 1.54) is 0 Å². The maximum Gasteiger partial charge on any atom is 0.257 e. The fourth-order valence-electron chi connectivity index (χ4n) is 5.35. The summed E-state index contributed by atoms with van der Waals surface area (Å²) in [4.78, 5) is 13.9. The number of aromatic nitrogens is 3. The van der Waals surface area contributed by atoms with Crippen LogP contribution in [0.3, 0.4) is 0 Å². The largest absolute Gasteiger partial charge is 0.484 e. The zero-order valence-electron chi connectivity index (χ0n) is 17.1. The summed E-state index contributed by atoms with van der Waals surface area (Å²) in [6, 6.07) is 8.20. The molecular weight excluding hydrogens is 378 g/mol. The van der Waals surface area contributed by atoms with Gasteiger partial charge in [-0.3, -0.25) is 0 Å². The summed E-state index contributed by atoms with van der Waals surface area (Å²) in [5, 5.41) is 4.68. The van der Waals surface area contributed by atoms with Crippen molar-refractivity contribution in [3.05, 3.63) is 36.2 Å². The molecule has 3 aliphatic rings. The van der Waals surface area contributed by atoms with Crippen LogP contribution in [-0.2, 0) is 0 Å². The average Bonchev–Trinajstić information content (AvgIpc) is 3.26. The topological polar surface area (TPSA) is 95.2 Å². The Morgan fingerprint density at radius 1 is 1.03 bits per heavy atom. The number of nitrogens with one attached hydrogen (secondary N) is 1. The maximum atomic E-state index is 6.48. The highest BCUT2D eigenvalue weighted by Crippen LogP contribution is 2.50. The number of anilines is 1. The number of aryl methyl sites for hydroxylation is 1. The molecular formula is C23H25N5O2. The van der Waals surface area contributed by atoms with Crippen LogP contribution in [0.25, 0.3) is 22.0 Å². The summed E-state index contributed by atoms with van der Waals surface area (Å²) in [5.41, 5.74) is 10.4. The molecule has 2 fully saturated rings. The molecule has 154 valence electrons. The molecule has 7 nitrogen and oxygen atoms in total. The Balaban J connectivity index is 1.36. The molecule has 1 aliphatic heterocycles. The van der Waals surface area contributed by atoms with E-state index >= 15 is 0 Å². The number of hydrogen-bond donors (Lipinski definition) is 2. The minimum Gasteiger partial charge on any atom is -0.484 e. The van der Waals surface area contributed by atoms with E-state index in [0.717, 1.165) is 59.8 Å². The summed E-state index contributed by atoms with van der Waals surface area (Å²) in [5.74, 6) is 1.96. The maximum absolute atomic E-state index is 6.48. The second-order valence-corrected chi connectivity index (χ2v) is 9.00. The minimum atomic E-state index is 0.00323. The van der Waals surface area contributed by atoms with Crippen LogP contribution >= 0.6 is 0 Å². The second kappa shape index (κ2) is 6.28. The van der Waals surface area contributed by atoms with Gasteiger partial charge in [-0.05, 0) is 62.8 Å². The number of ether oxygens (including phenoxy) is 2. The van der Waals surface area contributed by atoms with Crippen LogP contribution in [0.1, 0.15) is 37.8 Å². The van der Waals surface area contributed by atoms with Gasteiger partial charge in [0.1, 0.15) is 13.2 Å². The number of hydrogen-bond acceptors (Lipinski definition) is 7. The Bertz CT molecular complexity index is 1150. The van der Waals surface area contributed by atoms with Crippen molar-refractivity contribution in [1.82, 2.24) is 15.0 Å². The third-order valence-electron chi connectivity index (χ3n) is 6.91. The highest BCUT2D eigenvalue weighted by atomic mass is 16.6. The zero-order chi connectivity index (χ0) is 20.3. The third kappa shape index (κ3) is 2.80. The molecule has 0 spiro atoms. The average molecular weight is 403 g/mol. The van der Waals surface area contributed by atoms with Crippen molar-refractivity contribution >= 4 is 16.9 Å². The first-order chi connectivity index (χ1) is 14.5. The number of fused-ring (bicyclic) bond motifs is 4. The summed E-state index contributed by atoms with van der Waals surface area (Å²) in [6.45, 7) is 3.09. The number of benzene rings is 1. The molecule has 1 aromatic carbocycles. The van der Waals surface area contributed by atoms with Gasteiger partial charge in [-0.2, -0.15) is 0 Å².